The van der Waals surface area contributed by atoms with Gasteiger partial charge in [0, 0.05) is 16.8 Å². The number of amides is 1. The molecule has 0 saturated carbocycles. The van der Waals surface area contributed by atoms with Gasteiger partial charge >= 0.3 is 6.18 Å². The zero-order valence-electron chi connectivity index (χ0n) is 14.7. The molecule has 0 unspecified atom stereocenters. The second-order valence-corrected chi connectivity index (χ2v) is 6.54. The smallest absolute Gasteiger partial charge is 0.434 e. The number of rotatable bonds is 3. The Hall–Kier alpha value is -3.20. The highest BCUT2D eigenvalue weighted by Gasteiger charge is 2.40. The van der Waals surface area contributed by atoms with E-state index in [2.05, 4.69) is 10.4 Å². The molecule has 4 rings (SSSR count). The monoisotopic (exact) mass is 423 g/mol. The molecular weight excluding hydrogens is 411 g/mol. The van der Waals surface area contributed by atoms with Crippen LogP contribution in [-0.2, 0) is 6.18 Å². The summed E-state index contributed by atoms with van der Waals surface area (Å²) >= 11 is 5.79. The molecule has 10 heteroatoms. The molecule has 2 heterocycles. The number of aromatic nitrogens is 2. The van der Waals surface area contributed by atoms with Gasteiger partial charge in [-0.05, 0) is 36.4 Å². The molecule has 0 atom stereocenters. The Morgan fingerprint density at radius 3 is 2.45 bits per heavy atom. The normalized spacial score (nSPS) is 13.2. The number of fused-ring (bicyclic) bond motifs is 1. The first-order chi connectivity index (χ1) is 13.8. The number of benzene rings is 2. The van der Waals surface area contributed by atoms with Gasteiger partial charge in [-0.2, -0.15) is 18.3 Å². The maximum atomic E-state index is 13.7. The van der Waals surface area contributed by atoms with Crippen LogP contribution < -0.4 is 14.8 Å². The molecule has 0 spiro atoms. The minimum Gasteiger partial charge on any atom is -0.486 e. The fraction of sp³-hybridized carbons (Fsp3) is 0.158. The van der Waals surface area contributed by atoms with Crippen LogP contribution in [0.25, 0.3) is 5.69 Å². The van der Waals surface area contributed by atoms with E-state index in [-0.39, 0.29) is 11.4 Å². The van der Waals surface area contributed by atoms with Crippen molar-refractivity contribution < 1.29 is 27.4 Å². The van der Waals surface area contributed by atoms with Crippen molar-refractivity contribution in [3.8, 4) is 17.2 Å². The van der Waals surface area contributed by atoms with Gasteiger partial charge in [-0.25, -0.2) is 4.68 Å². The SMILES string of the molecule is O=C(Nc1ccc2c(c1)OCCO2)c1cnn(-c2ccc(Cl)cc2)c1C(F)(F)F. The van der Waals surface area contributed by atoms with E-state index in [1.165, 1.54) is 36.4 Å². The first-order valence-electron chi connectivity index (χ1n) is 8.45. The van der Waals surface area contributed by atoms with Gasteiger partial charge in [0.15, 0.2) is 17.2 Å². The summed E-state index contributed by atoms with van der Waals surface area (Å²) in [6, 6.07) is 10.2. The molecule has 6 nitrogen and oxygen atoms in total. The average molecular weight is 424 g/mol. The lowest BCUT2D eigenvalue weighted by atomic mass is 10.2. The number of halogens is 4. The van der Waals surface area contributed by atoms with Gasteiger partial charge in [-0.15, -0.1) is 0 Å². The maximum absolute atomic E-state index is 13.7. The largest absolute Gasteiger partial charge is 0.486 e. The number of carbonyl (C=O) groups is 1. The molecule has 1 N–H and O–H groups in total. The highest BCUT2D eigenvalue weighted by Crippen LogP contribution is 2.35. The summed E-state index contributed by atoms with van der Waals surface area (Å²) in [6.45, 7) is 0.744. The lowest BCUT2D eigenvalue weighted by molar-refractivity contribution is -0.143. The Kier molecular flexibility index (Phi) is 4.83. The highest BCUT2D eigenvalue weighted by molar-refractivity contribution is 6.30. The van der Waals surface area contributed by atoms with Crippen LogP contribution in [0.2, 0.25) is 5.02 Å². The summed E-state index contributed by atoms with van der Waals surface area (Å²) < 4.78 is 52.6. The van der Waals surface area contributed by atoms with Crippen molar-refractivity contribution in [3.05, 3.63) is 64.9 Å². The molecule has 0 aliphatic carbocycles. The third-order valence-corrected chi connectivity index (χ3v) is 4.41. The zero-order valence-corrected chi connectivity index (χ0v) is 15.4. The summed E-state index contributed by atoms with van der Waals surface area (Å²) in [6.07, 6.45) is -3.93. The lowest BCUT2D eigenvalue weighted by Gasteiger charge is -2.19. The van der Waals surface area contributed by atoms with E-state index >= 15 is 0 Å². The van der Waals surface area contributed by atoms with Gasteiger partial charge in [0.1, 0.15) is 13.2 Å². The van der Waals surface area contributed by atoms with Crippen molar-refractivity contribution in [2.45, 2.75) is 6.18 Å². The van der Waals surface area contributed by atoms with E-state index in [0.717, 1.165) is 6.20 Å². The quantitative estimate of drug-likeness (QED) is 0.670. The van der Waals surface area contributed by atoms with Gasteiger partial charge in [-0.3, -0.25) is 4.79 Å². The van der Waals surface area contributed by atoms with Crippen LogP contribution in [0.15, 0.2) is 48.7 Å². The molecule has 3 aromatic rings. The van der Waals surface area contributed by atoms with Crippen molar-refractivity contribution in [2.24, 2.45) is 0 Å². The fourth-order valence-electron chi connectivity index (χ4n) is 2.88. The predicted octanol–water partition coefficient (Wildman–Crippen LogP) is 4.57. The number of alkyl halides is 3. The average Bonchev–Trinajstić information content (AvgIpc) is 3.14. The van der Waals surface area contributed by atoms with Crippen LogP contribution >= 0.6 is 11.6 Å². The minimum atomic E-state index is -4.81. The number of hydrogen-bond donors (Lipinski definition) is 1. The number of nitrogens with zero attached hydrogens (tertiary/aromatic N) is 2. The van der Waals surface area contributed by atoms with Crippen LogP contribution in [0, 0.1) is 0 Å². The van der Waals surface area contributed by atoms with E-state index in [9.17, 15) is 18.0 Å². The molecule has 1 aromatic heterocycles. The Bertz CT molecular complexity index is 1060. The first kappa shape index (κ1) is 19.1. The van der Waals surface area contributed by atoms with Crippen molar-refractivity contribution in [3.63, 3.8) is 0 Å². The molecular formula is C19H13ClF3N3O3. The van der Waals surface area contributed by atoms with E-state index in [4.69, 9.17) is 21.1 Å². The molecule has 29 heavy (non-hydrogen) atoms. The zero-order chi connectivity index (χ0) is 20.6. The molecule has 0 saturated heterocycles. The summed E-state index contributed by atoms with van der Waals surface area (Å²) in [5, 5.41) is 6.58. The summed E-state index contributed by atoms with van der Waals surface area (Å²) in [5.74, 6) is -0.0445. The van der Waals surface area contributed by atoms with Crippen LogP contribution in [0.5, 0.6) is 11.5 Å². The van der Waals surface area contributed by atoms with Crippen molar-refractivity contribution >= 4 is 23.2 Å². The van der Waals surface area contributed by atoms with Gasteiger partial charge in [0.2, 0.25) is 0 Å². The van der Waals surface area contributed by atoms with Crippen LogP contribution in [0.1, 0.15) is 16.1 Å². The van der Waals surface area contributed by atoms with Gasteiger partial charge in [0.05, 0.1) is 17.4 Å². The Balaban J connectivity index is 1.67. The number of carbonyl (C=O) groups excluding carboxylic acids is 1. The molecule has 0 radical (unpaired) electrons. The summed E-state index contributed by atoms with van der Waals surface area (Å²) in [7, 11) is 0. The fourth-order valence-corrected chi connectivity index (χ4v) is 3.01. The molecule has 2 aromatic carbocycles. The van der Waals surface area contributed by atoms with Crippen molar-refractivity contribution in [1.82, 2.24) is 9.78 Å². The number of ether oxygens (including phenoxy) is 2. The molecule has 1 aliphatic rings. The minimum absolute atomic E-state index is 0.125. The predicted molar refractivity (Wildman–Crippen MR) is 99.0 cm³/mol. The second kappa shape index (κ2) is 7.32. The number of nitrogens with one attached hydrogen (secondary N) is 1. The van der Waals surface area contributed by atoms with Gasteiger partial charge in [-0.1, -0.05) is 11.6 Å². The Morgan fingerprint density at radius 2 is 1.76 bits per heavy atom. The Labute approximate surface area is 167 Å². The second-order valence-electron chi connectivity index (χ2n) is 6.11. The van der Waals surface area contributed by atoms with E-state index in [1.807, 2.05) is 0 Å². The summed E-state index contributed by atoms with van der Waals surface area (Å²) in [5.41, 5.74) is -1.40. The number of anilines is 1. The Morgan fingerprint density at radius 1 is 1.07 bits per heavy atom. The van der Waals surface area contributed by atoms with E-state index < -0.39 is 23.3 Å². The van der Waals surface area contributed by atoms with Crippen molar-refractivity contribution in [1.29, 1.82) is 0 Å². The first-order valence-corrected chi connectivity index (χ1v) is 8.83. The third kappa shape index (κ3) is 3.86. The standard InChI is InChI=1S/C19H13ClF3N3O3/c20-11-1-4-13(5-2-11)26-17(19(21,22)23)14(10-24-26)18(27)25-12-3-6-15-16(9-12)29-8-7-28-15/h1-6,9-10H,7-8H2,(H,25,27). The third-order valence-electron chi connectivity index (χ3n) is 4.15. The highest BCUT2D eigenvalue weighted by atomic mass is 35.5. The van der Waals surface area contributed by atoms with Gasteiger partial charge in [0.25, 0.3) is 5.91 Å². The van der Waals surface area contributed by atoms with Crippen LogP contribution in [-0.4, -0.2) is 28.9 Å². The van der Waals surface area contributed by atoms with Crippen molar-refractivity contribution in [2.75, 3.05) is 18.5 Å². The molecule has 0 fully saturated rings. The topological polar surface area (TPSA) is 65.4 Å². The number of hydrogen-bond acceptors (Lipinski definition) is 4. The van der Waals surface area contributed by atoms with E-state index in [1.54, 1.807) is 6.07 Å². The molecule has 150 valence electrons. The molecule has 1 amide bonds. The summed E-state index contributed by atoms with van der Waals surface area (Å²) in [4.78, 5) is 12.6. The van der Waals surface area contributed by atoms with Gasteiger partial charge < -0.3 is 14.8 Å². The maximum Gasteiger partial charge on any atom is 0.434 e. The van der Waals surface area contributed by atoms with Crippen LogP contribution in [0.3, 0.4) is 0 Å². The van der Waals surface area contributed by atoms with Crippen LogP contribution in [0.4, 0.5) is 18.9 Å². The molecule has 1 aliphatic heterocycles. The molecule has 0 bridgehead atoms. The lowest BCUT2D eigenvalue weighted by Crippen LogP contribution is -2.21. The van der Waals surface area contributed by atoms with E-state index in [0.29, 0.717) is 34.4 Å².